The summed E-state index contributed by atoms with van der Waals surface area (Å²) in [5.41, 5.74) is 4.89. The van der Waals surface area contributed by atoms with E-state index in [-0.39, 0.29) is 15.8 Å². The first kappa shape index (κ1) is 17.3. The molecule has 1 aromatic heterocycles. The van der Waals surface area contributed by atoms with E-state index in [1.807, 2.05) is 4.72 Å². The van der Waals surface area contributed by atoms with Crippen LogP contribution in [0.5, 0.6) is 0 Å². The number of thiophene rings is 1. The van der Waals surface area contributed by atoms with Gasteiger partial charge in [0.25, 0.3) is 10.0 Å². The summed E-state index contributed by atoms with van der Waals surface area (Å²) in [4.78, 5) is 21.2. The summed E-state index contributed by atoms with van der Waals surface area (Å²) in [5, 5.41) is 12.8. The van der Waals surface area contributed by atoms with E-state index in [2.05, 4.69) is 5.32 Å². The number of nitro groups is 1. The van der Waals surface area contributed by atoms with Crippen LogP contribution in [0.1, 0.15) is 0 Å². The average molecular weight is 338 g/mol. The van der Waals surface area contributed by atoms with E-state index < -0.39 is 33.1 Å². The molecule has 0 unspecified atom stereocenters. The molecule has 0 aliphatic carbocycles. The van der Waals surface area contributed by atoms with Gasteiger partial charge < -0.3 is 15.8 Å². The van der Waals surface area contributed by atoms with Gasteiger partial charge in [0.2, 0.25) is 5.91 Å². The van der Waals surface area contributed by atoms with E-state index >= 15 is 0 Å². The van der Waals surface area contributed by atoms with Crippen LogP contribution in [-0.4, -0.2) is 46.1 Å². The molecule has 118 valence electrons. The zero-order valence-corrected chi connectivity index (χ0v) is 12.6. The highest BCUT2D eigenvalue weighted by atomic mass is 32.2. The van der Waals surface area contributed by atoms with Gasteiger partial charge >= 0.3 is 5.69 Å². The zero-order valence-electron chi connectivity index (χ0n) is 11.0. The Bertz CT molecular complexity index is 626. The van der Waals surface area contributed by atoms with Gasteiger partial charge in [0.15, 0.2) is 5.00 Å². The summed E-state index contributed by atoms with van der Waals surface area (Å²) in [7, 11) is -2.57. The van der Waals surface area contributed by atoms with Crippen LogP contribution in [-0.2, 0) is 19.6 Å². The van der Waals surface area contributed by atoms with E-state index in [0.717, 1.165) is 6.07 Å². The maximum absolute atomic E-state index is 11.9. The molecule has 0 radical (unpaired) electrons. The topological polar surface area (TPSA) is 154 Å². The van der Waals surface area contributed by atoms with Crippen LogP contribution in [0.4, 0.5) is 10.7 Å². The van der Waals surface area contributed by atoms with Gasteiger partial charge in [-0.15, -0.1) is 0 Å². The fourth-order valence-corrected chi connectivity index (χ4v) is 3.48. The molecule has 0 saturated carbocycles. The van der Waals surface area contributed by atoms with Crippen molar-refractivity contribution in [2.24, 2.45) is 0 Å². The summed E-state index contributed by atoms with van der Waals surface area (Å²) in [6.45, 7) is 0.0538. The highest BCUT2D eigenvalue weighted by Gasteiger charge is 2.25. The molecule has 0 aliphatic rings. The number of rotatable bonds is 8. The van der Waals surface area contributed by atoms with E-state index in [9.17, 15) is 23.3 Å². The lowest BCUT2D eigenvalue weighted by Crippen LogP contribution is -2.37. The molecular weight excluding hydrogens is 324 g/mol. The van der Waals surface area contributed by atoms with Crippen LogP contribution < -0.4 is 15.8 Å². The molecule has 1 heterocycles. The van der Waals surface area contributed by atoms with E-state index in [1.54, 1.807) is 0 Å². The number of amides is 1. The maximum atomic E-state index is 11.9. The van der Waals surface area contributed by atoms with Crippen LogP contribution in [0.2, 0.25) is 0 Å². The maximum Gasteiger partial charge on any atom is 0.304 e. The van der Waals surface area contributed by atoms with Gasteiger partial charge in [0.05, 0.1) is 18.1 Å². The largest absolute Gasteiger partial charge is 0.385 e. The molecule has 21 heavy (non-hydrogen) atoms. The average Bonchev–Trinajstić information content (AvgIpc) is 2.80. The first-order valence-corrected chi connectivity index (χ1v) is 7.87. The Kier molecular flexibility index (Phi) is 6.02. The molecule has 0 saturated heterocycles. The number of nitrogens with two attached hydrogens (primary N) is 1. The second kappa shape index (κ2) is 7.31. The minimum absolute atomic E-state index is 0.218. The standard InChI is InChI=1S/C9H14N4O6S2/c1-19-3-2-11-7(14)5-12-21(17,18)8-4-6(13(15)16)9(10)20-8/h4,12H,2-3,5,10H2,1H3,(H,11,14). The van der Waals surface area contributed by atoms with Crippen molar-refractivity contribution in [1.82, 2.24) is 10.0 Å². The molecule has 1 aromatic rings. The number of methoxy groups -OCH3 is 1. The second-order valence-corrected chi connectivity index (χ2v) is 6.82. The third-order valence-corrected chi connectivity index (χ3v) is 5.06. The Labute approximate surface area is 124 Å². The summed E-state index contributed by atoms with van der Waals surface area (Å²) >= 11 is 0.557. The fraction of sp³-hybridized carbons (Fsp3) is 0.444. The molecule has 1 amide bonds. The number of carbonyl (C=O) groups is 1. The van der Waals surface area contributed by atoms with Crippen molar-refractivity contribution in [2.45, 2.75) is 4.21 Å². The SMILES string of the molecule is COCCNC(=O)CNS(=O)(=O)c1cc([N+](=O)[O-])c(N)s1. The minimum atomic E-state index is -4.03. The van der Waals surface area contributed by atoms with Crippen molar-refractivity contribution in [3.05, 3.63) is 16.2 Å². The van der Waals surface area contributed by atoms with E-state index in [4.69, 9.17) is 10.5 Å². The predicted octanol–water partition coefficient (Wildman–Crippen LogP) is -0.721. The Morgan fingerprint density at radius 1 is 1.57 bits per heavy atom. The molecule has 1 rings (SSSR count). The summed E-state index contributed by atoms with van der Waals surface area (Å²) in [6, 6.07) is 0.852. The number of anilines is 1. The third-order valence-electron chi connectivity index (χ3n) is 2.23. The molecule has 0 fully saturated rings. The smallest absolute Gasteiger partial charge is 0.304 e. The molecule has 0 aromatic carbocycles. The van der Waals surface area contributed by atoms with E-state index in [1.165, 1.54) is 7.11 Å². The highest BCUT2D eigenvalue weighted by molar-refractivity contribution is 7.91. The molecule has 12 heteroatoms. The first-order valence-electron chi connectivity index (χ1n) is 5.57. The summed E-state index contributed by atoms with van der Waals surface area (Å²) < 4.78 is 30.2. The van der Waals surface area contributed by atoms with Crippen LogP contribution in [0.25, 0.3) is 0 Å². The summed E-state index contributed by atoms with van der Waals surface area (Å²) in [5.74, 6) is -0.547. The van der Waals surface area contributed by atoms with Gasteiger partial charge in [-0.3, -0.25) is 14.9 Å². The van der Waals surface area contributed by atoms with Crippen molar-refractivity contribution >= 4 is 38.0 Å². The summed E-state index contributed by atoms with van der Waals surface area (Å²) in [6.07, 6.45) is 0. The molecule has 10 nitrogen and oxygen atoms in total. The Morgan fingerprint density at radius 3 is 2.76 bits per heavy atom. The zero-order chi connectivity index (χ0) is 16.0. The number of hydrogen-bond donors (Lipinski definition) is 3. The quantitative estimate of drug-likeness (QED) is 0.321. The van der Waals surface area contributed by atoms with Gasteiger partial charge in [0.1, 0.15) is 4.21 Å². The van der Waals surface area contributed by atoms with Crippen LogP contribution in [0.3, 0.4) is 0 Å². The van der Waals surface area contributed by atoms with Gasteiger partial charge in [-0.2, -0.15) is 0 Å². The number of hydrogen-bond acceptors (Lipinski definition) is 8. The normalized spacial score (nSPS) is 11.3. The molecule has 4 N–H and O–H groups in total. The van der Waals surface area contributed by atoms with Crippen molar-refractivity contribution in [3.63, 3.8) is 0 Å². The van der Waals surface area contributed by atoms with Crippen LogP contribution in [0, 0.1) is 10.1 Å². The molecule has 0 aliphatic heterocycles. The van der Waals surface area contributed by atoms with Crippen molar-refractivity contribution < 1.29 is 22.9 Å². The number of sulfonamides is 1. The highest BCUT2D eigenvalue weighted by Crippen LogP contribution is 2.34. The van der Waals surface area contributed by atoms with Gasteiger partial charge in [-0.1, -0.05) is 11.3 Å². The molecular formula is C9H14N4O6S2. The van der Waals surface area contributed by atoms with Gasteiger partial charge in [-0.25, -0.2) is 13.1 Å². The number of nitrogens with zero attached hydrogens (tertiary/aromatic N) is 1. The second-order valence-electron chi connectivity index (χ2n) is 3.74. The van der Waals surface area contributed by atoms with Gasteiger partial charge in [-0.05, 0) is 0 Å². The first-order chi connectivity index (χ1) is 9.77. The van der Waals surface area contributed by atoms with E-state index in [0.29, 0.717) is 17.9 Å². The number of nitrogens with one attached hydrogen (secondary N) is 2. The predicted molar refractivity (Wildman–Crippen MR) is 75.5 cm³/mol. The van der Waals surface area contributed by atoms with Crippen molar-refractivity contribution in [2.75, 3.05) is 32.5 Å². The van der Waals surface area contributed by atoms with Crippen LogP contribution in [0.15, 0.2) is 10.3 Å². The molecule has 0 atom stereocenters. The lowest BCUT2D eigenvalue weighted by atomic mass is 10.5. The Balaban J connectivity index is 2.67. The minimum Gasteiger partial charge on any atom is -0.385 e. The number of carbonyl (C=O) groups excluding carboxylic acids is 1. The Morgan fingerprint density at radius 2 is 2.24 bits per heavy atom. The monoisotopic (exact) mass is 338 g/mol. The molecule has 0 spiro atoms. The number of ether oxygens (including phenoxy) is 1. The van der Waals surface area contributed by atoms with Crippen molar-refractivity contribution in [3.8, 4) is 0 Å². The lowest BCUT2D eigenvalue weighted by Gasteiger charge is -2.05. The van der Waals surface area contributed by atoms with Crippen LogP contribution >= 0.6 is 11.3 Å². The number of nitrogen functional groups attached to an aromatic ring is 1. The van der Waals surface area contributed by atoms with Gasteiger partial charge in [0, 0.05) is 19.7 Å². The lowest BCUT2D eigenvalue weighted by molar-refractivity contribution is -0.383. The fourth-order valence-electron chi connectivity index (χ4n) is 1.23. The Hall–Kier alpha value is -1.76. The molecule has 0 bridgehead atoms. The van der Waals surface area contributed by atoms with Crippen molar-refractivity contribution in [1.29, 1.82) is 0 Å². The third kappa shape index (κ3) is 4.93.